The van der Waals surface area contributed by atoms with Crippen molar-refractivity contribution in [3.63, 3.8) is 0 Å². The van der Waals surface area contributed by atoms with Crippen LogP contribution in [-0.4, -0.2) is 33.0 Å². The summed E-state index contributed by atoms with van der Waals surface area (Å²) >= 11 is 1.28. The zero-order chi connectivity index (χ0) is 21.5. The van der Waals surface area contributed by atoms with Crippen molar-refractivity contribution in [2.75, 3.05) is 16.6 Å². The predicted molar refractivity (Wildman–Crippen MR) is 113 cm³/mol. The molecule has 160 valence electrons. The van der Waals surface area contributed by atoms with Gasteiger partial charge in [-0.1, -0.05) is 0 Å². The molecule has 1 amide bonds. The zero-order valence-electron chi connectivity index (χ0n) is 16.6. The van der Waals surface area contributed by atoms with E-state index in [-0.39, 0.29) is 28.1 Å². The molecule has 30 heavy (non-hydrogen) atoms. The monoisotopic (exact) mass is 450 g/mol. The zero-order valence-corrected chi connectivity index (χ0v) is 18.2. The van der Waals surface area contributed by atoms with Crippen LogP contribution in [0.1, 0.15) is 47.5 Å². The Kier molecular flexibility index (Phi) is 5.46. The summed E-state index contributed by atoms with van der Waals surface area (Å²) in [6.07, 6.45) is 2.84. The fraction of sp³-hybridized carbons (Fsp3) is 0.400. The second kappa shape index (κ2) is 7.92. The summed E-state index contributed by atoms with van der Waals surface area (Å²) < 4.78 is 39.4. The maximum atomic E-state index is 13.1. The van der Waals surface area contributed by atoms with E-state index in [4.69, 9.17) is 9.47 Å². The molecule has 2 N–H and O–H groups in total. The molecule has 1 aliphatic carbocycles. The molecule has 4 rings (SSSR count). The topological polar surface area (TPSA) is 111 Å². The third-order valence-electron chi connectivity index (χ3n) is 5.07. The van der Waals surface area contributed by atoms with Gasteiger partial charge in [0.1, 0.15) is 10.8 Å². The van der Waals surface area contributed by atoms with E-state index in [1.807, 2.05) is 0 Å². The Bertz CT molecular complexity index is 1120. The van der Waals surface area contributed by atoms with Crippen LogP contribution in [0.5, 0.6) is 5.75 Å². The van der Waals surface area contributed by atoms with Gasteiger partial charge in [0.15, 0.2) is 6.10 Å². The van der Waals surface area contributed by atoms with Crippen LogP contribution < -0.4 is 14.8 Å². The largest absolute Gasteiger partial charge is 0.479 e. The SMILES string of the molecule is CCOC(=O)c1c(NS(=O)(=O)c2ccc3c(c2)NC(=O)C(C)O3)sc2c1CCCC2. The summed E-state index contributed by atoms with van der Waals surface area (Å²) in [7, 11) is -4.00. The fourth-order valence-corrected chi connectivity index (χ4v) is 6.20. The van der Waals surface area contributed by atoms with Crippen molar-refractivity contribution < 1.29 is 27.5 Å². The molecule has 1 aromatic heterocycles. The van der Waals surface area contributed by atoms with Crippen LogP contribution in [0.4, 0.5) is 10.7 Å². The molecule has 1 aliphatic heterocycles. The number of anilines is 2. The van der Waals surface area contributed by atoms with Crippen molar-refractivity contribution in [3.8, 4) is 5.75 Å². The van der Waals surface area contributed by atoms with E-state index in [2.05, 4.69) is 10.0 Å². The molecule has 0 saturated heterocycles. The van der Waals surface area contributed by atoms with Crippen molar-refractivity contribution >= 4 is 43.9 Å². The van der Waals surface area contributed by atoms with E-state index in [0.717, 1.165) is 36.1 Å². The number of hydrogen-bond donors (Lipinski definition) is 2. The van der Waals surface area contributed by atoms with Gasteiger partial charge < -0.3 is 14.8 Å². The highest BCUT2D eigenvalue weighted by atomic mass is 32.2. The number of carbonyl (C=O) groups excluding carboxylic acids is 2. The molecular weight excluding hydrogens is 428 g/mol. The summed E-state index contributed by atoms with van der Waals surface area (Å²) in [5.41, 5.74) is 1.48. The van der Waals surface area contributed by atoms with Gasteiger partial charge in [-0.15, -0.1) is 11.3 Å². The Morgan fingerprint density at radius 2 is 2.10 bits per heavy atom. The van der Waals surface area contributed by atoms with Gasteiger partial charge in [0.25, 0.3) is 15.9 Å². The molecular formula is C20H22N2O6S2. The van der Waals surface area contributed by atoms with Crippen molar-refractivity contribution in [1.29, 1.82) is 0 Å². The van der Waals surface area contributed by atoms with E-state index >= 15 is 0 Å². The number of nitrogens with one attached hydrogen (secondary N) is 2. The molecule has 10 heteroatoms. The number of benzene rings is 1. The van der Waals surface area contributed by atoms with Crippen LogP contribution >= 0.6 is 11.3 Å². The van der Waals surface area contributed by atoms with Crippen molar-refractivity contribution in [1.82, 2.24) is 0 Å². The Morgan fingerprint density at radius 3 is 2.87 bits per heavy atom. The number of amides is 1. The fourth-order valence-electron chi connectivity index (χ4n) is 3.59. The van der Waals surface area contributed by atoms with Gasteiger partial charge in [-0.05, 0) is 63.3 Å². The molecule has 2 aliphatic rings. The predicted octanol–water partition coefficient (Wildman–Crippen LogP) is 3.32. The second-order valence-corrected chi connectivity index (χ2v) is 9.94. The van der Waals surface area contributed by atoms with E-state index in [9.17, 15) is 18.0 Å². The maximum Gasteiger partial charge on any atom is 0.341 e. The number of hydrogen-bond acceptors (Lipinski definition) is 7. The number of carbonyl (C=O) groups is 2. The number of thiophene rings is 1. The first-order valence-electron chi connectivity index (χ1n) is 9.76. The van der Waals surface area contributed by atoms with Gasteiger partial charge in [-0.2, -0.15) is 0 Å². The van der Waals surface area contributed by atoms with Gasteiger partial charge in [-0.3, -0.25) is 9.52 Å². The van der Waals surface area contributed by atoms with Gasteiger partial charge in [-0.25, -0.2) is 13.2 Å². The van der Waals surface area contributed by atoms with Gasteiger partial charge in [0.2, 0.25) is 0 Å². The highest BCUT2D eigenvalue weighted by Crippen LogP contribution is 2.40. The van der Waals surface area contributed by atoms with Gasteiger partial charge in [0.05, 0.1) is 22.8 Å². The van der Waals surface area contributed by atoms with Crippen LogP contribution in [-0.2, 0) is 32.4 Å². The highest BCUT2D eigenvalue weighted by Gasteiger charge is 2.30. The Labute approximate surface area is 178 Å². The molecule has 8 nitrogen and oxygen atoms in total. The van der Waals surface area contributed by atoms with Crippen molar-refractivity contribution in [2.24, 2.45) is 0 Å². The Balaban J connectivity index is 1.69. The summed E-state index contributed by atoms with van der Waals surface area (Å²) in [4.78, 5) is 25.4. The highest BCUT2D eigenvalue weighted by molar-refractivity contribution is 7.93. The molecule has 0 saturated carbocycles. The van der Waals surface area contributed by atoms with Crippen molar-refractivity contribution in [3.05, 3.63) is 34.2 Å². The molecule has 0 radical (unpaired) electrons. The van der Waals surface area contributed by atoms with Gasteiger partial charge in [0, 0.05) is 4.88 Å². The molecule has 2 aromatic rings. The van der Waals surface area contributed by atoms with E-state index in [1.54, 1.807) is 13.8 Å². The van der Waals surface area contributed by atoms with Crippen LogP contribution in [0.25, 0.3) is 0 Å². The third-order valence-corrected chi connectivity index (χ3v) is 7.75. The van der Waals surface area contributed by atoms with Crippen LogP contribution in [0.15, 0.2) is 23.1 Å². The normalized spacial score (nSPS) is 17.9. The Morgan fingerprint density at radius 1 is 1.33 bits per heavy atom. The standard InChI is InChI=1S/C20H22N2O6S2/c1-3-27-20(24)17-13-6-4-5-7-16(13)29-19(17)22-30(25,26)12-8-9-15-14(10-12)21-18(23)11(2)28-15/h8-11,22H,3-7H2,1-2H3,(H,21,23). The van der Waals surface area contributed by atoms with Gasteiger partial charge >= 0.3 is 5.97 Å². The van der Waals surface area contributed by atoms with Crippen LogP contribution in [0.3, 0.4) is 0 Å². The van der Waals surface area contributed by atoms with Crippen LogP contribution in [0.2, 0.25) is 0 Å². The average Bonchev–Trinajstić information content (AvgIpc) is 3.05. The lowest BCUT2D eigenvalue weighted by atomic mass is 9.95. The van der Waals surface area contributed by atoms with E-state index in [0.29, 0.717) is 11.3 Å². The third kappa shape index (κ3) is 3.77. The molecule has 1 unspecified atom stereocenters. The quantitative estimate of drug-likeness (QED) is 0.676. The smallest absolute Gasteiger partial charge is 0.341 e. The lowest BCUT2D eigenvalue weighted by Gasteiger charge is -2.23. The van der Waals surface area contributed by atoms with E-state index < -0.39 is 22.1 Å². The average molecular weight is 451 g/mol. The lowest BCUT2D eigenvalue weighted by molar-refractivity contribution is -0.122. The number of esters is 1. The molecule has 0 bridgehead atoms. The maximum absolute atomic E-state index is 13.1. The second-order valence-electron chi connectivity index (χ2n) is 7.15. The number of aryl methyl sites for hydroxylation is 1. The first kappa shape index (κ1) is 20.7. The number of fused-ring (bicyclic) bond motifs is 2. The number of sulfonamides is 1. The summed E-state index contributed by atoms with van der Waals surface area (Å²) in [6, 6.07) is 4.26. The van der Waals surface area contributed by atoms with Crippen molar-refractivity contribution in [2.45, 2.75) is 50.5 Å². The summed E-state index contributed by atoms with van der Waals surface area (Å²) in [5.74, 6) is -0.463. The molecule has 1 atom stereocenters. The summed E-state index contributed by atoms with van der Waals surface area (Å²) in [6.45, 7) is 3.53. The number of ether oxygens (including phenoxy) is 2. The van der Waals surface area contributed by atoms with Crippen LogP contribution in [0, 0.1) is 0 Å². The minimum Gasteiger partial charge on any atom is -0.479 e. The molecule has 2 heterocycles. The minimum atomic E-state index is -4.00. The van der Waals surface area contributed by atoms with E-state index in [1.165, 1.54) is 29.5 Å². The summed E-state index contributed by atoms with van der Waals surface area (Å²) in [5, 5.41) is 2.91. The minimum absolute atomic E-state index is 0.0408. The Hall–Kier alpha value is -2.59. The lowest BCUT2D eigenvalue weighted by Crippen LogP contribution is -2.34. The molecule has 0 fully saturated rings. The number of rotatable bonds is 5. The first-order chi connectivity index (χ1) is 14.3. The molecule has 0 spiro atoms. The first-order valence-corrected chi connectivity index (χ1v) is 12.1. The molecule has 1 aromatic carbocycles.